The minimum Gasteiger partial charge on any atom is -0.211 e. The second-order valence-corrected chi connectivity index (χ2v) is 12.4. The molecule has 4 aromatic carbocycles. The molecule has 0 radical (unpaired) electrons. The molecule has 0 fully saturated rings. The molecule has 0 spiro atoms. The molecule has 0 aliphatic carbocycles. The van der Waals surface area contributed by atoms with Crippen LogP contribution in [0.5, 0.6) is 0 Å². The highest BCUT2D eigenvalue weighted by atomic mass is 32.2. The molecule has 0 heterocycles. The summed E-state index contributed by atoms with van der Waals surface area (Å²) in [4.78, 5) is 0.102. The number of hydrogen-bond donors (Lipinski definition) is 2. The van der Waals surface area contributed by atoms with E-state index < -0.39 is 20.0 Å². The molecule has 0 amide bonds. The van der Waals surface area contributed by atoms with Crippen molar-refractivity contribution in [2.24, 2.45) is 0 Å². The lowest BCUT2D eigenvalue weighted by Crippen LogP contribution is -2.29. The SMILES string of the molecule is C[C@H](CNS(=O)(=O)c1cccc2c(S(=O)(=O)NC[C@H](C)c3ccccc3)cccc12)c1ccccc1. The van der Waals surface area contributed by atoms with Crippen molar-refractivity contribution in [3.05, 3.63) is 108 Å². The number of sulfonamides is 2. The molecule has 188 valence electrons. The molecule has 4 aromatic rings. The summed E-state index contributed by atoms with van der Waals surface area (Å²) in [5.74, 6) is -0.0506. The highest BCUT2D eigenvalue weighted by Gasteiger charge is 2.23. The molecule has 8 heteroatoms. The van der Waals surface area contributed by atoms with Crippen LogP contribution in [0.1, 0.15) is 36.8 Å². The zero-order valence-corrected chi connectivity index (χ0v) is 21.9. The average molecular weight is 523 g/mol. The molecule has 0 bridgehead atoms. The van der Waals surface area contributed by atoms with Gasteiger partial charge in [-0.05, 0) is 35.1 Å². The van der Waals surface area contributed by atoms with Crippen LogP contribution < -0.4 is 9.44 Å². The Balaban J connectivity index is 1.58. The Hall–Kier alpha value is -3.04. The van der Waals surface area contributed by atoms with Gasteiger partial charge in [0.2, 0.25) is 20.0 Å². The van der Waals surface area contributed by atoms with Crippen LogP contribution in [-0.2, 0) is 20.0 Å². The van der Waals surface area contributed by atoms with Gasteiger partial charge in [-0.3, -0.25) is 0 Å². The van der Waals surface area contributed by atoms with E-state index in [0.717, 1.165) is 11.1 Å². The third-order valence-corrected chi connectivity index (χ3v) is 9.28. The van der Waals surface area contributed by atoms with E-state index in [2.05, 4.69) is 9.44 Å². The molecule has 0 aliphatic rings. The summed E-state index contributed by atoms with van der Waals surface area (Å²) in [6.45, 7) is 4.35. The fourth-order valence-corrected chi connectivity index (χ4v) is 6.85. The van der Waals surface area contributed by atoms with E-state index in [4.69, 9.17) is 0 Å². The Kier molecular flexibility index (Phi) is 7.90. The first-order valence-corrected chi connectivity index (χ1v) is 14.8. The predicted molar refractivity (Wildman–Crippen MR) is 144 cm³/mol. The quantitative estimate of drug-likeness (QED) is 0.306. The zero-order chi connectivity index (χ0) is 25.8. The Morgan fingerprint density at radius 3 is 1.25 bits per heavy atom. The smallest absolute Gasteiger partial charge is 0.211 e. The Bertz CT molecular complexity index is 1420. The van der Waals surface area contributed by atoms with Gasteiger partial charge in [0.15, 0.2) is 0 Å². The maximum absolute atomic E-state index is 13.2. The summed E-state index contributed by atoms with van der Waals surface area (Å²) in [6, 6.07) is 28.8. The summed E-state index contributed by atoms with van der Waals surface area (Å²) in [5.41, 5.74) is 2.06. The van der Waals surface area contributed by atoms with Crippen molar-refractivity contribution >= 4 is 30.8 Å². The number of fused-ring (bicyclic) bond motifs is 1. The summed E-state index contributed by atoms with van der Waals surface area (Å²) in [6.07, 6.45) is 0. The predicted octanol–water partition coefficient (Wildman–Crippen LogP) is 5.00. The lowest BCUT2D eigenvalue weighted by Gasteiger charge is -2.16. The minimum atomic E-state index is -3.88. The molecule has 2 N–H and O–H groups in total. The van der Waals surface area contributed by atoms with Gasteiger partial charge in [-0.2, -0.15) is 0 Å². The molecule has 0 aromatic heterocycles. The van der Waals surface area contributed by atoms with E-state index in [1.165, 1.54) is 12.1 Å². The average Bonchev–Trinajstić information content (AvgIpc) is 2.90. The molecule has 0 saturated heterocycles. The van der Waals surface area contributed by atoms with Gasteiger partial charge in [-0.15, -0.1) is 0 Å². The summed E-state index contributed by atoms with van der Waals surface area (Å²) in [7, 11) is -7.76. The summed E-state index contributed by atoms with van der Waals surface area (Å²) in [5, 5.41) is 0.715. The minimum absolute atomic E-state index is 0.0253. The Labute approximate surface area is 213 Å². The maximum Gasteiger partial charge on any atom is 0.241 e. The molecular formula is C28H30N2O4S2. The van der Waals surface area contributed by atoms with Crippen molar-refractivity contribution in [3.63, 3.8) is 0 Å². The van der Waals surface area contributed by atoms with Gasteiger partial charge in [0.05, 0.1) is 9.79 Å². The van der Waals surface area contributed by atoms with E-state index >= 15 is 0 Å². The standard InChI is InChI=1S/C28H30N2O4S2/c1-21(23-11-5-3-6-12-23)19-29-35(31,32)27-17-9-16-26-25(27)15-10-18-28(26)36(33,34)30-20-22(2)24-13-7-4-8-14-24/h3-18,21-22,29-30H,19-20H2,1-2H3/t21-,22+. The monoisotopic (exact) mass is 522 g/mol. The van der Waals surface area contributed by atoms with Crippen LogP contribution in [0.4, 0.5) is 0 Å². The number of benzene rings is 4. The Morgan fingerprint density at radius 1 is 0.528 bits per heavy atom. The molecule has 36 heavy (non-hydrogen) atoms. The molecule has 6 nitrogen and oxygen atoms in total. The fourth-order valence-electron chi connectivity index (χ4n) is 4.14. The highest BCUT2D eigenvalue weighted by Crippen LogP contribution is 2.29. The van der Waals surface area contributed by atoms with Crippen LogP contribution in [0.3, 0.4) is 0 Å². The lowest BCUT2D eigenvalue weighted by molar-refractivity contribution is 0.573. The third kappa shape index (κ3) is 5.84. The van der Waals surface area contributed by atoms with Gasteiger partial charge in [0.1, 0.15) is 0 Å². The van der Waals surface area contributed by atoms with E-state index in [-0.39, 0.29) is 34.7 Å². The van der Waals surface area contributed by atoms with Crippen LogP contribution in [0.25, 0.3) is 10.8 Å². The number of nitrogens with one attached hydrogen (secondary N) is 2. The molecule has 0 saturated carbocycles. The van der Waals surface area contributed by atoms with Gasteiger partial charge in [0, 0.05) is 23.9 Å². The summed E-state index contributed by atoms with van der Waals surface area (Å²) < 4.78 is 58.3. The van der Waals surface area contributed by atoms with E-state index in [9.17, 15) is 16.8 Å². The van der Waals surface area contributed by atoms with Gasteiger partial charge < -0.3 is 0 Å². The van der Waals surface area contributed by atoms with Gasteiger partial charge in [0.25, 0.3) is 0 Å². The van der Waals surface area contributed by atoms with Crippen molar-refractivity contribution in [1.82, 2.24) is 9.44 Å². The van der Waals surface area contributed by atoms with Crippen LogP contribution in [-0.4, -0.2) is 29.9 Å². The fraction of sp³-hybridized carbons (Fsp3) is 0.214. The first-order valence-electron chi connectivity index (χ1n) is 11.8. The van der Waals surface area contributed by atoms with Gasteiger partial charge >= 0.3 is 0 Å². The van der Waals surface area contributed by atoms with Crippen LogP contribution in [0.2, 0.25) is 0 Å². The molecular weight excluding hydrogens is 492 g/mol. The lowest BCUT2D eigenvalue weighted by atomic mass is 10.0. The second kappa shape index (κ2) is 10.9. The molecule has 2 atom stereocenters. The first-order chi connectivity index (χ1) is 17.2. The number of hydrogen-bond acceptors (Lipinski definition) is 4. The molecule has 0 unspecified atom stereocenters. The third-order valence-electron chi connectivity index (χ3n) is 6.32. The summed E-state index contributed by atoms with van der Waals surface area (Å²) >= 11 is 0. The van der Waals surface area contributed by atoms with Crippen molar-refractivity contribution in [3.8, 4) is 0 Å². The van der Waals surface area contributed by atoms with E-state index in [1.54, 1.807) is 24.3 Å². The topological polar surface area (TPSA) is 92.3 Å². The van der Waals surface area contributed by atoms with Gasteiger partial charge in [-0.1, -0.05) is 98.8 Å². The molecule has 4 rings (SSSR count). The van der Waals surface area contributed by atoms with Crippen LogP contribution in [0, 0.1) is 0 Å². The van der Waals surface area contributed by atoms with Crippen LogP contribution in [0.15, 0.2) is 107 Å². The largest absolute Gasteiger partial charge is 0.241 e. The first kappa shape index (κ1) is 26.0. The van der Waals surface area contributed by atoms with Crippen LogP contribution >= 0.6 is 0 Å². The Morgan fingerprint density at radius 2 is 0.889 bits per heavy atom. The second-order valence-electron chi connectivity index (χ2n) is 8.93. The zero-order valence-electron chi connectivity index (χ0n) is 20.3. The van der Waals surface area contributed by atoms with E-state index in [1.807, 2.05) is 74.5 Å². The normalized spacial score (nSPS) is 13.9. The maximum atomic E-state index is 13.2. The van der Waals surface area contributed by atoms with Crippen molar-refractivity contribution < 1.29 is 16.8 Å². The number of rotatable bonds is 10. The van der Waals surface area contributed by atoms with Crippen molar-refractivity contribution in [1.29, 1.82) is 0 Å². The highest BCUT2D eigenvalue weighted by molar-refractivity contribution is 7.90. The van der Waals surface area contributed by atoms with Crippen molar-refractivity contribution in [2.45, 2.75) is 35.5 Å². The molecule has 0 aliphatic heterocycles. The van der Waals surface area contributed by atoms with Gasteiger partial charge in [-0.25, -0.2) is 26.3 Å². The van der Waals surface area contributed by atoms with Crippen molar-refractivity contribution in [2.75, 3.05) is 13.1 Å². The van der Waals surface area contributed by atoms with E-state index in [0.29, 0.717) is 10.8 Å².